The second-order valence-corrected chi connectivity index (χ2v) is 2.86. The van der Waals surface area contributed by atoms with Gasteiger partial charge in [0.05, 0.1) is 0 Å². The van der Waals surface area contributed by atoms with Crippen LogP contribution in [0.15, 0.2) is 29.4 Å². The Morgan fingerprint density at radius 2 is 2.36 bits per heavy atom. The van der Waals surface area contributed by atoms with Crippen molar-refractivity contribution in [3.8, 4) is 0 Å². The molecule has 0 spiro atoms. The van der Waals surface area contributed by atoms with E-state index >= 15 is 0 Å². The summed E-state index contributed by atoms with van der Waals surface area (Å²) in [6.45, 7) is 0.955. The molecule has 0 unspecified atom stereocenters. The van der Waals surface area contributed by atoms with Crippen molar-refractivity contribution in [3.63, 3.8) is 0 Å². The van der Waals surface area contributed by atoms with Crippen molar-refractivity contribution in [2.45, 2.75) is 0 Å². The lowest BCUT2D eigenvalue weighted by Crippen LogP contribution is -2.20. The topological polar surface area (TPSA) is 52.0 Å². The van der Waals surface area contributed by atoms with E-state index in [0.29, 0.717) is 13.1 Å². The van der Waals surface area contributed by atoms with E-state index in [9.17, 15) is 4.39 Å². The molecule has 0 bridgehead atoms. The zero-order valence-corrected chi connectivity index (χ0v) is 7.89. The average molecular weight is 194 g/mol. The highest BCUT2D eigenvalue weighted by atomic mass is 19.1. The van der Waals surface area contributed by atoms with E-state index < -0.39 is 0 Å². The van der Waals surface area contributed by atoms with Crippen LogP contribution in [-0.2, 0) is 0 Å². The third-order valence-corrected chi connectivity index (χ3v) is 1.85. The smallest absolute Gasteiger partial charge is 0.125 e. The minimum absolute atomic E-state index is 0.266. The highest BCUT2D eigenvalue weighted by Gasteiger charge is 2.00. The van der Waals surface area contributed by atoms with Gasteiger partial charge in [-0.15, -0.1) is 0 Å². The third-order valence-electron chi connectivity index (χ3n) is 1.85. The van der Waals surface area contributed by atoms with Gasteiger partial charge in [-0.1, -0.05) is 11.2 Å². The van der Waals surface area contributed by atoms with Gasteiger partial charge in [-0.3, -0.25) is 0 Å². The molecule has 0 N–H and O–H groups in total. The number of nitrogens with zero attached hydrogens (tertiary/aromatic N) is 4. The maximum absolute atomic E-state index is 12.8. The second kappa shape index (κ2) is 5.09. The minimum Gasteiger partial charge on any atom is -0.374 e. The Balaban J connectivity index is 2.59. The first kappa shape index (κ1) is 10.3. The highest BCUT2D eigenvalue weighted by Crippen LogP contribution is 2.13. The fraction of sp³-hybridized carbons (Fsp3) is 0.333. The fourth-order valence-electron chi connectivity index (χ4n) is 1.08. The molecule has 1 aromatic rings. The Morgan fingerprint density at radius 3 is 3.00 bits per heavy atom. The first-order valence-electron chi connectivity index (χ1n) is 4.21. The SMILES string of the molecule is CN(CCN=[N+]=[N-])c1cccc(F)c1. The van der Waals surface area contributed by atoms with E-state index in [1.165, 1.54) is 12.1 Å². The lowest BCUT2D eigenvalue weighted by Gasteiger charge is -2.17. The summed E-state index contributed by atoms with van der Waals surface area (Å²) in [5, 5.41) is 3.40. The van der Waals surface area contributed by atoms with E-state index in [1.54, 1.807) is 12.1 Å². The summed E-state index contributed by atoms with van der Waals surface area (Å²) in [6, 6.07) is 6.29. The molecule has 0 atom stereocenters. The zero-order chi connectivity index (χ0) is 10.4. The molecular formula is C9H11FN4. The van der Waals surface area contributed by atoms with Gasteiger partial charge in [-0.05, 0) is 23.7 Å². The molecule has 0 aromatic heterocycles. The monoisotopic (exact) mass is 194 g/mol. The normalized spacial score (nSPS) is 9.29. The van der Waals surface area contributed by atoms with Crippen LogP contribution < -0.4 is 4.90 Å². The summed E-state index contributed by atoms with van der Waals surface area (Å²) in [4.78, 5) is 4.47. The molecule has 5 heteroatoms. The quantitative estimate of drug-likeness (QED) is 0.413. The average Bonchev–Trinajstić information content (AvgIpc) is 2.18. The molecule has 0 aliphatic rings. The van der Waals surface area contributed by atoms with Crippen molar-refractivity contribution in [1.82, 2.24) is 0 Å². The van der Waals surface area contributed by atoms with E-state index in [2.05, 4.69) is 10.0 Å². The van der Waals surface area contributed by atoms with Crippen molar-refractivity contribution in [2.75, 3.05) is 25.0 Å². The molecular weight excluding hydrogens is 183 g/mol. The predicted octanol–water partition coefficient (Wildman–Crippen LogP) is 2.57. The van der Waals surface area contributed by atoms with Gasteiger partial charge >= 0.3 is 0 Å². The van der Waals surface area contributed by atoms with Crippen LogP contribution in [0.3, 0.4) is 0 Å². The van der Waals surface area contributed by atoms with E-state index in [-0.39, 0.29) is 5.82 Å². The maximum atomic E-state index is 12.8. The molecule has 0 saturated heterocycles. The summed E-state index contributed by atoms with van der Waals surface area (Å²) in [5.41, 5.74) is 8.85. The molecule has 0 heterocycles. The number of benzene rings is 1. The lowest BCUT2D eigenvalue weighted by atomic mass is 10.3. The van der Waals surface area contributed by atoms with Crippen LogP contribution in [0.1, 0.15) is 0 Å². The molecule has 0 amide bonds. The van der Waals surface area contributed by atoms with E-state index in [0.717, 1.165) is 5.69 Å². The molecule has 1 aromatic carbocycles. The summed E-state index contributed by atoms with van der Waals surface area (Å²) >= 11 is 0. The van der Waals surface area contributed by atoms with Crippen LogP contribution in [0.2, 0.25) is 0 Å². The Labute approximate surface area is 81.6 Å². The number of likely N-dealkylation sites (N-methyl/N-ethyl adjacent to an activating group) is 1. The van der Waals surface area contributed by atoms with Gasteiger partial charge in [0, 0.05) is 30.7 Å². The highest BCUT2D eigenvalue weighted by molar-refractivity contribution is 5.45. The molecule has 0 radical (unpaired) electrons. The molecule has 74 valence electrons. The van der Waals surface area contributed by atoms with Crippen molar-refractivity contribution >= 4 is 5.69 Å². The van der Waals surface area contributed by atoms with Crippen molar-refractivity contribution in [1.29, 1.82) is 0 Å². The van der Waals surface area contributed by atoms with E-state index in [1.807, 2.05) is 11.9 Å². The van der Waals surface area contributed by atoms with Gasteiger partial charge < -0.3 is 4.90 Å². The largest absolute Gasteiger partial charge is 0.374 e. The number of hydrogen-bond donors (Lipinski definition) is 0. The Kier molecular flexibility index (Phi) is 3.76. The number of hydrogen-bond acceptors (Lipinski definition) is 2. The minimum atomic E-state index is -0.266. The fourth-order valence-corrected chi connectivity index (χ4v) is 1.08. The second-order valence-electron chi connectivity index (χ2n) is 2.86. The first-order chi connectivity index (χ1) is 6.74. The maximum Gasteiger partial charge on any atom is 0.125 e. The van der Waals surface area contributed by atoms with Gasteiger partial charge in [-0.25, -0.2) is 4.39 Å². The third kappa shape index (κ3) is 2.95. The Bertz CT molecular complexity index is 346. The van der Waals surface area contributed by atoms with Crippen LogP contribution in [-0.4, -0.2) is 20.1 Å². The number of anilines is 1. The molecule has 0 saturated carbocycles. The standard InChI is InChI=1S/C9H11FN4/c1-14(6-5-12-13-11)9-4-2-3-8(10)7-9/h2-4,7H,5-6H2,1H3. The van der Waals surface area contributed by atoms with Gasteiger partial charge in [0.1, 0.15) is 5.82 Å². The van der Waals surface area contributed by atoms with Gasteiger partial charge in [0.2, 0.25) is 0 Å². The number of azide groups is 1. The summed E-state index contributed by atoms with van der Waals surface area (Å²) in [7, 11) is 1.82. The number of rotatable bonds is 4. The number of halogens is 1. The zero-order valence-electron chi connectivity index (χ0n) is 7.89. The molecule has 0 fully saturated rings. The van der Waals surface area contributed by atoms with Crippen LogP contribution in [0.4, 0.5) is 10.1 Å². The molecule has 0 aliphatic carbocycles. The lowest BCUT2D eigenvalue weighted by molar-refractivity contribution is 0.627. The molecule has 14 heavy (non-hydrogen) atoms. The van der Waals surface area contributed by atoms with E-state index in [4.69, 9.17) is 5.53 Å². The van der Waals surface area contributed by atoms with Crippen molar-refractivity contribution < 1.29 is 4.39 Å². The first-order valence-corrected chi connectivity index (χ1v) is 4.21. The van der Waals surface area contributed by atoms with Gasteiger partial charge in [-0.2, -0.15) is 0 Å². The van der Waals surface area contributed by atoms with Crippen molar-refractivity contribution in [2.24, 2.45) is 5.11 Å². The molecule has 1 rings (SSSR count). The van der Waals surface area contributed by atoms with Crippen LogP contribution >= 0.6 is 0 Å². The van der Waals surface area contributed by atoms with Gasteiger partial charge in [0.15, 0.2) is 0 Å². The van der Waals surface area contributed by atoms with Crippen LogP contribution in [0, 0.1) is 5.82 Å². The van der Waals surface area contributed by atoms with Crippen LogP contribution in [0.5, 0.6) is 0 Å². The molecule has 4 nitrogen and oxygen atoms in total. The summed E-state index contributed by atoms with van der Waals surface area (Å²) in [6.07, 6.45) is 0. The van der Waals surface area contributed by atoms with Gasteiger partial charge in [0.25, 0.3) is 0 Å². The summed E-state index contributed by atoms with van der Waals surface area (Å²) in [5.74, 6) is -0.266. The van der Waals surface area contributed by atoms with Crippen molar-refractivity contribution in [3.05, 3.63) is 40.5 Å². The summed E-state index contributed by atoms with van der Waals surface area (Å²) < 4.78 is 12.8. The molecule has 0 aliphatic heterocycles. The Hall–Kier alpha value is -1.74. The Morgan fingerprint density at radius 1 is 1.57 bits per heavy atom. The van der Waals surface area contributed by atoms with Crippen LogP contribution in [0.25, 0.3) is 10.4 Å². The predicted molar refractivity (Wildman–Crippen MR) is 53.7 cm³/mol.